The van der Waals surface area contributed by atoms with Crippen LogP contribution in [0.2, 0.25) is 5.02 Å². The monoisotopic (exact) mass is 297 g/mol. The van der Waals surface area contributed by atoms with Crippen molar-refractivity contribution in [2.75, 3.05) is 25.0 Å². The summed E-state index contributed by atoms with van der Waals surface area (Å²) in [6.45, 7) is 3.00. The van der Waals surface area contributed by atoms with Crippen molar-refractivity contribution in [1.82, 2.24) is 9.88 Å². The number of pyridine rings is 1. The lowest BCUT2D eigenvalue weighted by atomic mass is 9.91. The van der Waals surface area contributed by atoms with Gasteiger partial charge in [-0.3, -0.25) is 4.79 Å². The first-order chi connectivity index (χ1) is 9.67. The second-order valence-corrected chi connectivity index (χ2v) is 5.29. The van der Waals surface area contributed by atoms with Gasteiger partial charge in [0, 0.05) is 25.3 Å². The molecule has 1 aliphatic carbocycles. The van der Waals surface area contributed by atoms with Crippen LogP contribution in [0, 0.1) is 0 Å². The summed E-state index contributed by atoms with van der Waals surface area (Å²) in [4.78, 5) is 18.5. The summed E-state index contributed by atoms with van der Waals surface area (Å²) in [7, 11) is 0. The number of carbonyl (C=O) groups excluding carboxylic acids is 1. The quantitative estimate of drug-likeness (QED) is 0.844. The molecule has 0 bridgehead atoms. The smallest absolute Gasteiger partial charge is 0.255 e. The molecule has 0 aromatic carbocycles. The molecule has 0 aliphatic heterocycles. The van der Waals surface area contributed by atoms with Crippen LogP contribution in [0.25, 0.3) is 0 Å². The number of amides is 1. The summed E-state index contributed by atoms with van der Waals surface area (Å²) in [5.74, 6) is 0.508. The van der Waals surface area contributed by atoms with E-state index < -0.39 is 0 Å². The minimum absolute atomic E-state index is 0.0367. The van der Waals surface area contributed by atoms with Crippen molar-refractivity contribution < 1.29 is 9.90 Å². The number of carbonyl (C=O) groups is 1. The zero-order valence-electron chi connectivity index (χ0n) is 11.6. The average molecular weight is 298 g/mol. The van der Waals surface area contributed by atoms with Gasteiger partial charge in [-0.2, -0.15) is 0 Å². The molecule has 6 heteroatoms. The summed E-state index contributed by atoms with van der Waals surface area (Å²) < 4.78 is 0. The van der Waals surface area contributed by atoms with Gasteiger partial charge in [0.25, 0.3) is 5.91 Å². The van der Waals surface area contributed by atoms with E-state index in [2.05, 4.69) is 10.3 Å². The summed E-state index contributed by atoms with van der Waals surface area (Å²) in [5.41, 5.74) is 0.443. The molecule has 1 heterocycles. The lowest BCUT2D eigenvalue weighted by molar-refractivity contribution is 0.0526. The zero-order valence-corrected chi connectivity index (χ0v) is 12.4. The molecule has 1 amide bonds. The van der Waals surface area contributed by atoms with Crippen molar-refractivity contribution in [3.05, 3.63) is 22.8 Å². The number of hydrogen-bond acceptors (Lipinski definition) is 4. The third-order valence-corrected chi connectivity index (χ3v) is 3.86. The van der Waals surface area contributed by atoms with Crippen LogP contribution >= 0.6 is 11.6 Å². The van der Waals surface area contributed by atoms with Gasteiger partial charge < -0.3 is 15.3 Å². The van der Waals surface area contributed by atoms with E-state index in [9.17, 15) is 4.79 Å². The highest BCUT2D eigenvalue weighted by atomic mass is 35.5. The summed E-state index contributed by atoms with van der Waals surface area (Å²) in [5, 5.41) is 12.6. The summed E-state index contributed by atoms with van der Waals surface area (Å²) in [6.07, 6.45) is 4.61. The van der Waals surface area contributed by atoms with Gasteiger partial charge in [-0.05, 0) is 32.3 Å². The Balaban J connectivity index is 2.22. The van der Waals surface area contributed by atoms with Crippen molar-refractivity contribution in [2.24, 2.45) is 0 Å². The molecule has 2 N–H and O–H groups in total. The number of aliphatic hydroxyl groups is 1. The molecule has 20 heavy (non-hydrogen) atoms. The van der Waals surface area contributed by atoms with Crippen LogP contribution in [0.4, 0.5) is 5.82 Å². The molecule has 1 aromatic heterocycles. The molecule has 5 nitrogen and oxygen atoms in total. The lowest BCUT2D eigenvalue weighted by Gasteiger charge is -2.37. The predicted molar refractivity (Wildman–Crippen MR) is 79.2 cm³/mol. The van der Waals surface area contributed by atoms with Gasteiger partial charge in [0.05, 0.1) is 17.2 Å². The third kappa shape index (κ3) is 3.22. The first kappa shape index (κ1) is 15.1. The summed E-state index contributed by atoms with van der Waals surface area (Å²) in [6, 6.07) is 1.90. The van der Waals surface area contributed by atoms with Gasteiger partial charge in [-0.25, -0.2) is 4.98 Å². The Bertz CT molecular complexity index is 477. The van der Waals surface area contributed by atoms with Gasteiger partial charge in [-0.15, -0.1) is 0 Å². The van der Waals surface area contributed by atoms with E-state index in [4.69, 9.17) is 16.7 Å². The highest BCUT2D eigenvalue weighted by Gasteiger charge is 2.30. The van der Waals surface area contributed by atoms with E-state index in [1.165, 1.54) is 6.20 Å². The maximum atomic E-state index is 12.6. The van der Waals surface area contributed by atoms with Crippen molar-refractivity contribution in [2.45, 2.75) is 32.2 Å². The molecule has 1 aliphatic rings. The number of rotatable bonds is 6. The molecule has 1 saturated carbocycles. The van der Waals surface area contributed by atoms with Crippen molar-refractivity contribution >= 4 is 23.3 Å². The first-order valence-electron chi connectivity index (χ1n) is 6.98. The van der Waals surface area contributed by atoms with Gasteiger partial charge in [0.2, 0.25) is 0 Å². The van der Waals surface area contributed by atoms with E-state index in [-0.39, 0.29) is 18.6 Å². The fourth-order valence-electron chi connectivity index (χ4n) is 2.29. The Morgan fingerprint density at radius 1 is 1.60 bits per heavy atom. The normalized spacial score (nSPS) is 14.8. The van der Waals surface area contributed by atoms with Gasteiger partial charge in [0.15, 0.2) is 0 Å². The lowest BCUT2D eigenvalue weighted by Crippen LogP contribution is -2.45. The molecule has 0 unspecified atom stereocenters. The van der Waals surface area contributed by atoms with Crippen LogP contribution < -0.4 is 5.32 Å². The maximum Gasteiger partial charge on any atom is 0.255 e. The highest BCUT2D eigenvalue weighted by Crippen LogP contribution is 2.28. The zero-order chi connectivity index (χ0) is 14.5. The van der Waals surface area contributed by atoms with Crippen LogP contribution in [-0.4, -0.2) is 46.6 Å². The molecular formula is C14H20ClN3O2. The van der Waals surface area contributed by atoms with Gasteiger partial charge in [0.1, 0.15) is 5.82 Å². The number of anilines is 1. The maximum absolute atomic E-state index is 12.6. The Kier molecular flexibility index (Phi) is 5.20. The predicted octanol–water partition coefficient (Wildman–Crippen LogP) is 2.15. The Labute approximate surface area is 123 Å². The second kappa shape index (κ2) is 6.90. The standard InChI is InChI=1S/C14H20ClN3O2/c1-2-16-13-8-11(12(15)9-17-13)14(20)18(6-7-19)10-4-3-5-10/h8-10,19H,2-7H2,1H3,(H,16,17). The van der Waals surface area contributed by atoms with Crippen molar-refractivity contribution in [1.29, 1.82) is 0 Å². The Morgan fingerprint density at radius 2 is 2.35 bits per heavy atom. The van der Waals surface area contributed by atoms with E-state index in [0.717, 1.165) is 25.8 Å². The summed E-state index contributed by atoms with van der Waals surface area (Å²) >= 11 is 6.10. The molecule has 0 spiro atoms. The van der Waals surface area contributed by atoms with Crippen molar-refractivity contribution in [3.63, 3.8) is 0 Å². The van der Waals surface area contributed by atoms with Crippen LogP contribution in [0.5, 0.6) is 0 Å². The molecule has 1 aromatic rings. The Morgan fingerprint density at radius 3 is 2.90 bits per heavy atom. The number of hydrogen-bond donors (Lipinski definition) is 2. The first-order valence-corrected chi connectivity index (χ1v) is 7.36. The third-order valence-electron chi connectivity index (χ3n) is 3.56. The van der Waals surface area contributed by atoms with Crippen LogP contribution in [0.3, 0.4) is 0 Å². The number of halogens is 1. The van der Waals surface area contributed by atoms with Gasteiger partial charge >= 0.3 is 0 Å². The fourth-order valence-corrected chi connectivity index (χ4v) is 2.48. The van der Waals surface area contributed by atoms with Crippen LogP contribution in [0.1, 0.15) is 36.5 Å². The largest absolute Gasteiger partial charge is 0.395 e. The van der Waals surface area contributed by atoms with E-state index >= 15 is 0 Å². The topological polar surface area (TPSA) is 65.5 Å². The van der Waals surface area contributed by atoms with Crippen molar-refractivity contribution in [3.8, 4) is 0 Å². The number of nitrogens with zero attached hydrogens (tertiary/aromatic N) is 2. The van der Waals surface area contributed by atoms with E-state index in [0.29, 0.717) is 22.9 Å². The average Bonchev–Trinajstić information content (AvgIpc) is 2.38. The van der Waals surface area contributed by atoms with E-state index in [1.807, 2.05) is 6.92 Å². The molecule has 0 atom stereocenters. The molecular weight excluding hydrogens is 278 g/mol. The number of aliphatic hydroxyl groups excluding tert-OH is 1. The molecule has 110 valence electrons. The fraction of sp³-hybridized carbons (Fsp3) is 0.571. The SMILES string of the molecule is CCNc1cc(C(=O)N(CCO)C2CCC2)c(Cl)cn1. The minimum Gasteiger partial charge on any atom is -0.395 e. The second-order valence-electron chi connectivity index (χ2n) is 4.89. The number of nitrogens with one attached hydrogen (secondary N) is 1. The molecule has 1 fully saturated rings. The number of aromatic nitrogens is 1. The Hall–Kier alpha value is -1.33. The van der Waals surface area contributed by atoms with Gasteiger partial charge in [-0.1, -0.05) is 11.6 Å². The van der Waals surface area contributed by atoms with Crippen LogP contribution in [-0.2, 0) is 0 Å². The van der Waals surface area contributed by atoms with E-state index in [1.54, 1.807) is 11.0 Å². The molecule has 0 radical (unpaired) electrons. The highest BCUT2D eigenvalue weighted by molar-refractivity contribution is 6.33. The van der Waals surface area contributed by atoms with Crippen LogP contribution in [0.15, 0.2) is 12.3 Å². The minimum atomic E-state index is -0.129. The molecule has 2 rings (SSSR count). The molecule has 0 saturated heterocycles.